The van der Waals surface area contributed by atoms with Crippen LogP contribution in [0.1, 0.15) is 17.6 Å². The van der Waals surface area contributed by atoms with Crippen LogP contribution < -0.4 is 15.5 Å². The minimum Gasteiger partial charge on any atom is -0.363 e. The van der Waals surface area contributed by atoms with Gasteiger partial charge in [0.15, 0.2) is 0 Å². The summed E-state index contributed by atoms with van der Waals surface area (Å²) in [6, 6.07) is 10.3. The number of pyridine rings is 1. The minimum absolute atomic E-state index is 0.0667. The molecule has 2 N–H and O–H groups in total. The summed E-state index contributed by atoms with van der Waals surface area (Å²) in [7, 11) is 0. The van der Waals surface area contributed by atoms with Crippen LogP contribution in [0.4, 0.5) is 15.9 Å². The van der Waals surface area contributed by atoms with Crippen molar-refractivity contribution in [3.8, 4) is 11.3 Å². The van der Waals surface area contributed by atoms with Crippen molar-refractivity contribution < 1.29 is 9.18 Å². The summed E-state index contributed by atoms with van der Waals surface area (Å²) in [6.45, 7) is 4.40. The predicted molar refractivity (Wildman–Crippen MR) is 125 cm³/mol. The normalized spacial score (nSPS) is 14.3. The van der Waals surface area contributed by atoms with Gasteiger partial charge < -0.3 is 15.5 Å². The van der Waals surface area contributed by atoms with Crippen LogP contribution in [-0.2, 0) is 17.8 Å². The molecule has 1 aromatic carbocycles. The number of nitrogens with one attached hydrogen (secondary N) is 2. The summed E-state index contributed by atoms with van der Waals surface area (Å²) in [5.74, 6) is 0.718. The Morgan fingerprint density at radius 2 is 2.03 bits per heavy atom. The first kappa shape index (κ1) is 20.6. The Kier molecular flexibility index (Phi) is 5.59. The molecule has 1 fully saturated rings. The van der Waals surface area contributed by atoms with E-state index < -0.39 is 0 Å². The molecule has 1 amide bonds. The van der Waals surface area contributed by atoms with E-state index in [0.29, 0.717) is 19.6 Å². The number of aromatic nitrogens is 3. The van der Waals surface area contributed by atoms with Gasteiger partial charge >= 0.3 is 0 Å². The van der Waals surface area contributed by atoms with Crippen molar-refractivity contribution in [1.29, 1.82) is 0 Å². The molecule has 7 nitrogen and oxygen atoms in total. The number of amides is 1. The molecule has 4 aromatic rings. The molecule has 0 atom stereocenters. The number of anilines is 2. The first-order valence-electron chi connectivity index (χ1n) is 10.6. The van der Waals surface area contributed by atoms with Gasteiger partial charge in [0.1, 0.15) is 22.3 Å². The Hall–Kier alpha value is -3.30. The fourth-order valence-electron chi connectivity index (χ4n) is 3.86. The molecule has 4 heterocycles. The van der Waals surface area contributed by atoms with E-state index in [2.05, 4.69) is 17.6 Å². The molecule has 0 saturated carbocycles. The number of imidazole rings is 1. The summed E-state index contributed by atoms with van der Waals surface area (Å²) in [5, 5.41) is 9.50. The number of piperazine rings is 1. The van der Waals surface area contributed by atoms with Gasteiger partial charge in [-0.1, -0.05) is 6.92 Å². The third-order valence-corrected chi connectivity index (χ3v) is 6.36. The molecular weight excluding hydrogens is 427 g/mol. The zero-order valence-corrected chi connectivity index (χ0v) is 18.5. The Balaban J connectivity index is 1.40. The third-order valence-electron chi connectivity index (χ3n) is 5.51. The van der Waals surface area contributed by atoms with E-state index in [1.807, 2.05) is 28.1 Å². The van der Waals surface area contributed by atoms with Crippen molar-refractivity contribution >= 4 is 34.4 Å². The third kappa shape index (κ3) is 3.96. The molecule has 3 aromatic heterocycles. The topological polar surface area (TPSA) is 74.6 Å². The van der Waals surface area contributed by atoms with E-state index >= 15 is 0 Å². The highest BCUT2D eigenvalue weighted by molar-refractivity contribution is 7.10. The first-order chi connectivity index (χ1) is 15.6. The fraction of sp³-hybridized carbons (Fsp3) is 0.261. The lowest BCUT2D eigenvalue weighted by Crippen LogP contribution is -2.48. The summed E-state index contributed by atoms with van der Waals surface area (Å²) in [4.78, 5) is 23.6. The summed E-state index contributed by atoms with van der Waals surface area (Å²) < 4.78 is 15.2. The highest BCUT2D eigenvalue weighted by Gasteiger charge is 2.21. The first-order valence-corrected chi connectivity index (χ1v) is 11.5. The van der Waals surface area contributed by atoms with Gasteiger partial charge in [-0.05, 0) is 42.8 Å². The number of aryl methyl sites for hydroxylation is 1. The van der Waals surface area contributed by atoms with Crippen molar-refractivity contribution in [2.24, 2.45) is 0 Å². The standard InChI is InChI=1S/C23H23FN6OS/c1-2-18-23(26-11-21-28-19(14-32-21)15-3-5-16(24)6-4-15)30-13-17(7-8-20(30)27-18)29-10-9-25-12-22(29)31/h3-8,13-14,25-26H,2,9-12H2,1H3. The quantitative estimate of drug-likeness (QED) is 0.469. The monoisotopic (exact) mass is 450 g/mol. The number of rotatable bonds is 6. The van der Waals surface area contributed by atoms with Crippen molar-refractivity contribution in [1.82, 2.24) is 19.7 Å². The number of nitrogens with zero attached hydrogens (tertiary/aromatic N) is 4. The Bertz CT molecular complexity index is 1270. The minimum atomic E-state index is -0.257. The van der Waals surface area contributed by atoms with Crippen LogP contribution in [-0.4, -0.2) is 39.9 Å². The van der Waals surface area contributed by atoms with Crippen molar-refractivity contribution in [2.45, 2.75) is 19.9 Å². The Labute approximate surface area is 188 Å². The van der Waals surface area contributed by atoms with Crippen LogP contribution in [0.2, 0.25) is 0 Å². The Morgan fingerprint density at radius 3 is 2.81 bits per heavy atom. The number of carbonyl (C=O) groups excluding carboxylic acids is 1. The molecular formula is C23H23FN6OS. The van der Waals surface area contributed by atoms with E-state index in [1.165, 1.54) is 12.1 Å². The molecule has 164 valence electrons. The van der Waals surface area contributed by atoms with Gasteiger partial charge in [-0.15, -0.1) is 11.3 Å². The molecule has 0 unspecified atom stereocenters. The molecule has 1 aliphatic rings. The number of carbonyl (C=O) groups is 1. The highest BCUT2D eigenvalue weighted by Crippen LogP contribution is 2.26. The molecule has 0 spiro atoms. The number of hydrogen-bond donors (Lipinski definition) is 2. The number of halogens is 1. The van der Waals surface area contributed by atoms with Gasteiger partial charge in [-0.2, -0.15) is 0 Å². The van der Waals surface area contributed by atoms with Crippen LogP contribution in [0.15, 0.2) is 48.0 Å². The van der Waals surface area contributed by atoms with E-state index in [1.54, 1.807) is 28.4 Å². The average molecular weight is 451 g/mol. The zero-order valence-electron chi connectivity index (χ0n) is 17.6. The van der Waals surface area contributed by atoms with E-state index in [4.69, 9.17) is 9.97 Å². The van der Waals surface area contributed by atoms with Crippen molar-refractivity contribution in [3.05, 3.63) is 64.5 Å². The van der Waals surface area contributed by atoms with E-state index in [9.17, 15) is 9.18 Å². The second kappa shape index (κ2) is 8.68. The summed E-state index contributed by atoms with van der Waals surface area (Å²) in [5.41, 5.74) is 4.38. The van der Waals surface area contributed by atoms with Crippen molar-refractivity contribution in [2.75, 3.05) is 29.9 Å². The largest absolute Gasteiger partial charge is 0.363 e. The number of hydrogen-bond acceptors (Lipinski definition) is 6. The summed E-state index contributed by atoms with van der Waals surface area (Å²) >= 11 is 1.56. The van der Waals surface area contributed by atoms with E-state index in [0.717, 1.165) is 52.1 Å². The SMILES string of the molecule is CCc1nc2ccc(N3CCNCC3=O)cn2c1NCc1nc(-c2ccc(F)cc2)cs1. The fourth-order valence-corrected chi connectivity index (χ4v) is 4.60. The molecule has 1 aliphatic heterocycles. The Morgan fingerprint density at radius 1 is 1.19 bits per heavy atom. The lowest BCUT2D eigenvalue weighted by molar-refractivity contribution is -0.118. The molecule has 1 saturated heterocycles. The summed E-state index contributed by atoms with van der Waals surface area (Å²) in [6.07, 6.45) is 2.75. The lowest BCUT2D eigenvalue weighted by atomic mass is 10.2. The van der Waals surface area contributed by atoms with Gasteiger partial charge in [0.2, 0.25) is 5.91 Å². The number of benzene rings is 1. The predicted octanol–water partition coefficient (Wildman–Crippen LogP) is 3.71. The molecule has 0 radical (unpaired) electrons. The maximum absolute atomic E-state index is 13.2. The second-order valence-corrected chi connectivity index (χ2v) is 8.53. The van der Waals surface area contributed by atoms with Crippen LogP contribution >= 0.6 is 11.3 Å². The molecule has 32 heavy (non-hydrogen) atoms. The van der Waals surface area contributed by atoms with Crippen LogP contribution in [0, 0.1) is 5.82 Å². The molecule has 9 heteroatoms. The molecule has 0 bridgehead atoms. The average Bonchev–Trinajstić information content (AvgIpc) is 3.42. The maximum atomic E-state index is 13.2. The van der Waals surface area contributed by atoms with Crippen LogP contribution in [0.5, 0.6) is 0 Å². The van der Waals surface area contributed by atoms with Gasteiger partial charge in [0.05, 0.1) is 30.2 Å². The maximum Gasteiger partial charge on any atom is 0.241 e. The molecule has 5 rings (SSSR count). The zero-order chi connectivity index (χ0) is 22.1. The smallest absolute Gasteiger partial charge is 0.241 e. The van der Waals surface area contributed by atoms with Gasteiger partial charge in [0, 0.05) is 30.2 Å². The van der Waals surface area contributed by atoms with E-state index in [-0.39, 0.29) is 11.7 Å². The molecule has 0 aliphatic carbocycles. The van der Waals surface area contributed by atoms with Crippen LogP contribution in [0.3, 0.4) is 0 Å². The van der Waals surface area contributed by atoms with Crippen molar-refractivity contribution in [3.63, 3.8) is 0 Å². The van der Waals surface area contributed by atoms with Gasteiger partial charge in [0.25, 0.3) is 0 Å². The lowest BCUT2D eigenvalue weighted by Gasteiger charge is -2.27. The number of fused-ring (bicyclic) bond motifs is 1. The van der Waals surface area contributed by atoms with Gasteiger partial charge in [-0.25, -0.2) is 14.4 Å². The number of thiazole rings is 1. The second-order valence-electron chi connectivity index (χ2n) is 7.59. The highest BCUT2D eigenvalue weighted by atomic mass is 32.1. The van der Waals surface area contributed by atoms with Crippen LogP contribution in [0.25, 0.3) is 16.9 Å². The van der Waals surface area contributed by atoms with Gasteiger partial charge in [-0.3, -0.25) is 9.20 Å².